The fourth-order valence-corrected chi connectivity index (χ4v) is 1.66. The van der Waals surface area contributed by atoms with Crippen molar-refractivity contribution in [3.8, 4) is 0 Å². The lowest BCUT2D eigenvalue weighted by molar-refractivity contribution is -0.141. The quantitative estimate of drug-likeness (QED) is 0.563. The molecule has 0 bridgehead atoms. The summed E-state index contributed by atoms with van der Waals surface area (Å²) in [5.41, 5.74) is 0. The third-order valence-corrected chi connectivity index (χ3v) is 3.41. The molecule has 0 rings (SSSR count). The predicted molar refractivity (Wildman–Crippen MR) is 58.2 cm³/mol. The van der Waals surface area contributed by atoms with E-state index in [9.17, 15) is 18.0 Å². The summed E-state index contributed by atoms with van der Waals surface area (Å²) in [6.45, 7) is -0.495. The molecule has 0 saturated carbocycles. The molecule has 8 nitrogen and oxygen atoms in total. The summed E-state index contributed by atoms with van der Waals surface area (Å²) in [7, 11) is -0.149. The topological polar surface area (TPSA) is 102 Å². The van der Waals surface area contributed by atoms with Gasteiger partial charge in [0.2, 0.25) is 0 Å². The van der Waals surface area contributed by atoms with Crippen molar-refractivity contribution in [3.05, 3.63) is 0 Å². The van der Waals surface area contributed by atoms with E-state index in [2.05, 4.69) is 9.47 Å². The van der Waals surface area contributed by atoms with Crippen LogP contribution in [0.1, 0.15) is 6.42 Å². The summed E-state index contributed by atoms with van der Waals surface area (Å²) in [6, 6.07) is 0. The van der Waals surface area contributed by atoms with Crippen LogP contribution in [0.3, 0.4) is 0 Å². The lowest BCUT2D eigenvalue weighted by Gasteiger charge is -2.16. The number of nitrogens with zero attached hydrogens (tertiary/aromatic N) is 1. The maximum absolute atomic E-state index is 11.5. The van der Waals surface area contributed by atoms with Crippen LogP contribution in [0.25, 0.3) is 0 Å². The second-order valence-electron chi connectivity index (χ2n) is 3.05. The predicted octanol–water partition coefficient (Wildman–Crippen LogP) is -1.51. The van der Waals surface area contributed by atoms with Gasteiger partial charge in [-0.15, -0.1) is 0 Å². The lowest BCUT2D eigenvalue weighted by atomic mass is 10.4. The van der Waals surface area contributed by atoms with Crippen LogP contribution in [-0.4, -0.2) is 59.0 Å². The molecule has 100 valence electrons. The molecule has 0 aliphatic rings. The molecule has 0 amide bonds. The number of rotatable bonds is 7. The number of methoxy groups -OCH3 is 2. The Kier molecular flexibility index (Phi) is 6.69. The van der Waals surface area contributed by atoms with Gasteiger partial charge in [0.15, 0.2) is 0 Å². The van der Waals surface area contributed by atoms with Crippen LogP contribution in [0.4, 0.5) is 0 Å². The second-order valence-corrected chi connectivity index (χ2v) is 4.91. The zero-order chi connectivity index (χ0) is 13.5. The van der Waals surface area contributed by atoms with Crippen molar-refractivity contribution in [2.75, 3.05) is 34.4 Å². The molecule has 9 heteroatoms. The Hall–Kier alpha value is -1.19. The van der Waals surface area contributed by atoms with Crippen molar-refractivity contribution < 1.29 is 27.5 Å². The van der Waals surface area contributed by atoms with Crippen LogP contribution in [0.15, 0.2) is 0 Å². The molecule has 1 N–H and O–H groups in total. The SMILES string of the molecule is COC(=O)CCN(C)S(=O)(=O)NCC(=O)OC. The van der Waals surface area contributed by atoms with E-state index in [-0.39, 0.29) is 13.0 Å². The van der Waals surface area contributed by atoms with E-state index < -0.39 is 28.7 Å². The molecule has 0 atom stereocenters. The largest absolute Gasteiger partial charge is 0.469 e. The van der Waals surface area contributed by atoms with Gasteiger partial charge in [0.05, 0.1) is 20.6 Å². The number of hydrogen-bond acceptors (Lipinski definition) is 6. The normalized spacial score (nSPS) is 11.3. The van der Waals surface area contributed by atoms with Gasteiger partial charge in [0.1, 0.15) is 6.54 Å². The monoisotopic (exact) mass is 268 g/mol. The van der Waals surface area contributed by atoms with Crippen molar-refractivity contribution in [2.45, 2.75) is 6.42 Å². The first kappa shape index (κ1) is 15.8. The van der Waals surface area contributed by atoms with Crippen molar-refractivity contribution in [1.29, 1.82) is 0 Å². The van der Waals surface area contributed by atoms with Crippen LogP contribution in [0.2, 0.25) is 0 Å². The van der Waals surface area contributed by atoms with Gasteiger partial charge >= 0.3 is 11.9 Å². The minimum absolute atomic E-state index is 0.0385. The summed E-state index contributed by atoms with van der Waals surface area (Å²) in [5.74, 6) is -1.21. The minimum Gasteiger partial charge on any atom is -0.469 e. The van der Waals surface area contributed by atoms with E-state index in [1.54, 1.807) is 0 Å². The highest BCUT2D eigenvalue weighted by atomic mass is 32.2. The van der Waals surface area contributed by atoms with Gasteiger partial charge in [-0.3, -0.25) is 9.59 Å². The number of nitrogens with one attached hydrogen (secondary N) is 1. The van der Waals surface area contributed by atoms with Gasteiger partial charge in [-0.1, -0.05) is 0 Å². The highest BCUT2D eigenvalue weighted by Crippen LogP contribution is 1.96. The number of carbonyl (C=O) groups is 2. The fraction of sp³-hybridized carbons (Fsp3) is 0.750. The molecule has 0 aliphatic heterocycles. The molecular weight excluding hydrogens is 252 g/mol. The molecule has 0 aromatic carbocycles. The van der Waals surface area contributed by atoms with Crippen LogP contribution >= 0.6 is 0 Å². The van der Waals surface area contributed by atoms with E-state index in [1.165, 1.54) is 14.2 Å². The van der Waals surface area contributed by atoms with Gasteiger partial charge in [0, 0.05) is 13.6 Å². The summed E-state index contributed by atoms with van der Waals surface area (Å²) in [4.78, 5) is 21.6. The first-order valence-electron chi connectivity index (χ1n) is 4.68. The van der Waals surface area contributed by atoms with Crippen LogP contribution in [0, 0.1) is 0 Å². The summed E-state index contributed by atoms with van der Waals surface area (Å²) in [6.07, 6.45) is -0.0634. The van der Waals surface area contributed by atoms with Gasteiger partial charge in [-0.25, -0.2) is 0 Å². The highest BCUT2D eigenvalue weighted by molar-refractivity contribution is 7.87. The first-order chi connectivity index (χ1) is 7.83. The van der Waals surface area contributed by atoms with Crippen molar-refractivity contribution in [2.24, 2.45) is 0 Å². The zero-order valence-electron chi connectivity index (χ0n) is 9.93. The molecule has 0 fully saturated rings. The third-order valence-electron chi connectivity index (χ3n) is 1.90. The Bertz CT molecular complexity index is 366. The Balaban J connectivity index is 4.21. The third kappa shape index (κ3) is 6.19. The molecule has 0 aromatic rings. The maximum Gasteiger partial charge on any atom is 0.320 e. The molecular formula is C8H16N2O6S. The molecule has 0 heterocycles. The lowest BCUT2D eigenvalue weighted by Crippen LogP contribution is -2.41. The number of carbonyl (C=O) groups excluding carboxylic acids is 2. The Labute approximate surface area is 100 Å². The van der Waals surface area contributed by atoms with Crippen LogP contribution in [-0.2, 0) is 29.3 Å². The molecule has 0 unspecified atom stereocenters. The van der Waals surface area contributed by atoms with E-state index in [0.717, 1.165) is 11.4 Å². The zero-order valence-corrected chi connectivity index (χ0v) is 10.7. The maximum atomic E-state index is 11.5. The number of esters is 2. The molecule has 0 saturated heterocycles. The van der Waals surface area contributed by atoms with Crippen LogP contribution < -0.4 is 4.72 Å². The second kappa shape index (κ2) is 7.20. The van der Waals surface area contributed by atoms with Crippen molar-refractivity contribution in [1.82, 2.24) is 9.03 Å². The standard InChI is InChI=1S/C8H16N2O6S/c1-10(5-4-7(11)15-2)17(13,14)9-6-8(12)16-3/h9H,4-6H2,1-3H3. The molecule has 0 radical (unpaired) electrons. The average Bonchev–Trinajstić information content (AvgIpc) is 2.32. The number of hydrogen-bond donors (Lipinski definition) is 1. The Morgan fingerprint density at radius 1 is 1.18 bits per heavy atom. The van der Waals surface area contributed by atoms with Crippen molar-refractivity contribution in [3.63, 3.8) is 0 Å². The van der Waals surface area contributed by atoms with E-state index in [0.29, 0.717) is 0 Å². The fourth-order valence-electron chi connectivity index (χ4n) is 0.803. The summed E-state index contributed by atoms with van der Waals surface area (Å²) >= 11 is 0. The Morgan fingerprint density at radius 2 is 1.71 bits per heavy atom. The molecule has 17 heavy (non-hydrogen) atoms. The highest BCUT2D eigenvalue weighted by Gasteiger charge is 2.19. The van der Waals surface area contributed by atoms with E-state index >= 15 is 0 Å². The minimum atomic E-state index is -3.79. The number of ether oxygens (including phenoxy) is 2. The van der Waals surface area contributed by atoms with Gasteiger partial charge < -0.3 is 9.47 Å². The molecule has 0 spiro atoms. The smallest absolute Gasteiger partial charge is 0.320 e. The van der Waals surface area contributed by atoms with Crippen molar-refractivity contribution >= 4 is 22.1 Å². The van der Waals surface area contributed by atoms with Gasteiger partial charge in [-0.2, -0.15) is 17.4 Å². The Morgan fingerprint density at radius 3 is 2.18 bits per heavy atom. The first-order valence-corrected chi connectivity index (χ1v) is 6.12. The van der Waals surface area contributed by atoms with Gasteiger partial charge in [-0.05, 0) is 0 Å². The molecule has 0 aromatic heterocycles. The van der Waals surface area contributed by atoms with E-state index in [1.807, 2.05) is 4.72 Å². The molecule has 0 aliphatic carbocycles. The average molecular weight is 268 g/mol. The van der Waals surface area contributed by atoms with Gasteiger partial charge in [0.25, 0.3) is 10.2 Å². The summed E-state index contributed by atoms with van der Waals surface area (Å²) < 4.78 is 34.6. The van der Waals surface area contributed by atoms with E-state index in [4.69, 9.17) is 0 Å². The van der Waals surface area contributed by atoms with Crippen LogP contribution in [0.5, 0.6) is 0 Å². The summed E-state index contributed by atoms with van der Waals surface area (Å²) in [5, 5.41) is 0.